The molecule has 0 atom stereocenters. The fraction of sp³-hybridized carbons (Fsp3) is 0.438. The second kappa shape index (κ2) is 6.53. The molecule has 0 aliphatic heterocycles. The summed E-state index contributed by atoms with van der Waals surface area (Å²) in [5.41, 5.74) is 3.70. The molecule has 19 heavy (non-hydrogen) atoms. The smallest absolute Gasteiger partial charge is 0.107 e. The summed E-state index contributed by atoms with van der Waals surface area (Å²) >= 11 is 0. The molecule has 2 N–H and O–H groups in total. The first-order valence-electron chi connectivity index (χ1n) is 6.97. The topological polar surface area (TPSA) is 40.7 Å². The number of imidazole rings is 1. The molecule has 3 heteroatoms. The van der Waals surface area contributed by atoms with Crippen molar-refractivity contribution in [2.45, 2.75) is 26.7 Å². The van der Waals surface area contributed by atoms with Crippen molar-refractivity contribution in [2.24, 2.45) is 5.92 Å². The quantitative estimate of drug-likeness (QED) is 0.835. The van der Waals surface area contributed by atoms with Gasteiger partial charge in [0.15, 0.2) is 0 Å². The summed E-state index contributed by atoms with van der Waals surface area (Å²) in [7, 11) is 1.96. The third kappa shape index (κ3) is 3.93. The zero-order chi connectivity index (χ0) is 13.7. The van der Waals surface area contributed by atoms with Gasteiger partial charge in [-0.1, -0.05) is 38.1 Å². The van der Waals surface area contributed by atoms with E-state index in [1.165, 1.54) is 11.1 Å². The molecular formula is C16H23N3. The van der Waals surface area contributed by atoms with Crippen LogP contribution in [-0.4, -0.2) is 23.6 Å². The average Bonchev–Trinajstić information content (AvgIpc) is 2.85. The lowest BCUT2D eigenvalue weighted by Gasteiger charge is -2.05. The van der Waals surface area contributed by atoms with Crippen LogP contribution >= 0.6 is 0 Å². The number of H-pyrrole nitrogens is 1. The number of nitrogens with zero attached hydrogens (tertiary/aromatic N) is 1. The van der Waals surface area contributed by atoms with E-state index in [0.717, 1.165) is 30.9 Å². The van der Waals surface area contributed by atoms with Crippen LogP contribution in [0.25, 0.3) is 11.3 Å². The molecule has 0 radical (unpaired) electrons. The molecule has 0 aliphatic rings. The molecule has 0 aliphatic carbocycles. The van der Waals surface area contributed by atoms with Gasteiger partial charge < -0.3 is 10.3 Å². The third-order valence-electron chi connectivity index (χ3n) is 3.15. The highest BCUT2D eigenvalue weighted by atomic mass is 14.9. The molecule has 0 fully saturated rings. The first-order chi connectivity index (χ1) is 9.19. The number of benzene rings is 1. The minimum atomic E-state index is 0.700. The molecule has 3 nitrogen and oxygen atoms in total. The van der Waals surface area contributed by atoms with E-state index in [4.69, 9.17) is 0 Å². The summed E-state index contributed by atoms with van der Waals surface area (Å²) in [5.74, 6) is 1.74. The van der Waals surface area contributed by atoms with Crippen LogP contribution in [0.3, 0.4) is 0 Å². The summed E-state index contributed by atoms with van der Waals surface area (Å²) in [6.07, 6.45) is 3.99. The normalized spacial score (nSPS) is 11.2. The van der Waals surface area contributed by atoms with Crippen molar-refractivity contribution in [1.82, 2.24) is 15.3 Å². The highest BCUT2D eigenvalue weighted by Crippen LogP contribution is 2.19. The van der Waals surface area contributed by atoms with E-state index in [1.807, 2.05) is 13.2 Å². The molecular weight excluding hydrogens is 234 g/mol. The van der Waals surface area contributed by atoms with Crippen molar-refractivity contribution in [1.29, 1.82) is 0 Å². The molecule has 0 amide bonds. The van der Waals surface area contributed by atoms with Crippen LogP contribution in [0.5, 0.6) is 0 Å². The Kier molecular flexibility index (Phi) is 4.74. The minimum absolute atomic E-state index is 0.700. The van der Waals surface area contributed by atoms with Crippen molar-refractivity contribution in [3.8, 4) is 11.3 Å². The van der Waals surface area contributed by atoms with E-state index in [9.17, 15) is 0 Å². The summed E-state index contributed by atoms with van der Waals surface area (Å²) in [5, 5.41) is 3.13. The standard InChI is InChI=1S/C16H23N3/c1-12(2)10-13-4-6-14(7-5-13)15-11-18-16(19-15)8-9-17-3/h4-7,11-12,17H,8-10H2,1-3H3,(H,18,19). The predicted molar refractivity (Wildman–Crippen MR) is 80.2 cm³/mol. The third-order valence-corrected chi connectivity index (χ3v) is 3.15. The highest BCUT2D eigenvalue weighted by molar-refractivity contribution is 5.58. The van der Waals surface area contributed by atoms with Crippen molar-refractivity contribution < 1.29 is 0 Å². The van der Waals surface area contributed by atoms with Gasteiger partial charge in [0.05, 0.1) is 11.9 Å². The largest absolute Gasteiger partial charge is 0.342 e. The molecule has 0 saturated heterocycles. The zero-order valence-corrected chi connectivity index (χ0v) is 12.0. The lowest BCUT2D eigenvalue weighted by Crippen LogP contribution is -2.10. The molecule has 0 saturated carbocycles. The maximum absolute atomic E-state index is 4.41. The van der Waals surface area contributed by atoms with Gasteiger partial charge >= 0.3 is 0 Å². The van der Waals surface area contributed by atoms with Gasteiger partial charge in [-0.3, -0.25) is 0 Å². The van der Waals surface area contributed by atoms with Gasteiger partial charge in [-0.15, -0.1) is 0 Å². The SMILES string of the molecule is CNCCc1ncc(-c2ccc(CC(C)C)cc2)[nH]1. The Morgan fingerprint density at radius 3 is 2.58 bits per heavy atom. The fourth-order valence-corrected chi connectivity index (χ4v) is 2.17. The van der Waals surface area contributed by atoms with E-state index < -0.39 is 0 Å². The van der Waals surface area contributed by atoms with Crippen LogP contribution in [0.4, 0.5) is 0 Å². The molecule has 2 rings (SSSR count). The van der Waals surface area contributed by atoms with Gasteiger partial charge in [0, 0.05) is 13.0 Å². The average molecular weight is 257 g/mol. The number of aromatic nitrogens is 2. The second-order valence-electron chi connectivity index (χ2n) is 5.39. The van der Waals surface area contributed by atoms with Gasteiger partial charge in [-0.2, -0.15) is 0 Å². The van der Waals surface area contributed by atoms with Crippen LogP contribution in [-0.2, 0) is 12.8 Å². The van der Waals surface area contributed by atoms with E-state index in [0.29, 0.717) is 5.92 Å². The van der Waals surface area contributed by atoms with Gasteiger partial charge in [-0.25, -0.2) is 4.98 Å². The Bertz CT molecular complexity index is 497. The van der Waals surface area contributed by atoms with Crippen LogP contribution in [0.1, 0.15) is 25.2 Å². The predicted octanol–water partition coefficient (Wildman–Crippen LogP) is 3.04. The Balaban J connectivity index is 2.07. The van der Waals surface area contributed by atoms with Gasteiger partial charge in [-0.05, 0) is 30.5 Å². The zero-order valence-electron chi connectivity index (χ0n) is 12.0. The maximum atomic E-state index is 4.41. The lowest BCUT2D eigenvalue weighted by atomic mass is 10.0. The summed E-state index contributed by atoms with van der Waals surface area (Å²) < 4.78 is 0. The number of aromatic amines is 1. The highest BCUT2D eigenvalue weighted by Gasteiger charge is 2.04. The van der Waals surface area contributed by atoms with Crippen molar-refractivity contribution in [3.05, 3.63) is 41.9 Å². The van der Waals surface area contributed by atoms with E-state index >= 15 is 0 Å². The van der Waals surface area contributed by atoms with E-state index in [2.05, 4.69) is 53.4 Å². The van der Waals surface area contributed by atoms with Crippen molar-refractivity contribution in [3.63, 3.8) is 0 Å². The van der Waals surface area contributed by atoms with Crippen LogP contribution in [0, 0.1) is 5.92 Å². The molecule has 0 unspecified atom stereocenters. The van der Waals surface area contributed by atoms with Crippen LogP contribution in [0.15, 0.2) is 30.5 Å². The van der Waals surface area contributed by atoms with E-state index in [-0.39, 0.29) is 0 Å². The number of hydrogen-bond acceptors (Lipinski definition) is 2. The second-order valence-corrected chi connectivity index (χ2v) is 5.39. The van der Waals surface area contributed by atoms with Gasteiger partial charge in [0.2, 0.25) is 0 Å². The number of likely N-dealkylation sites (N-methyl/N-ethyl adjacent to an activating group) is 1. The summed E-state index contributed by atoms with van der Waals surface area (Å²) in [4.78, 5) is 7.78. The van der Waals surface area contributed by atoms with Crippen LogP contribution in [0.2, 0.25) is 0 Å². The van der Waals surface area contributed by atoms with E-state index in [1.54, 1.807) is 0 Å². The molecule has 1 aromatic heterocycles. The first kappa shape index (κ1) is 13.8. The monoisotopic (exact) mass is 257 g/mol. The van der Waals surface area contributed by atoms with Gasteiger partial charge in [0.25, 0.3) is 0 Å². The minimum Gasteiger partial charge on any atom is -0.342 e. The Labute approximate surface area is 115 Å². The molecule has 1 heterocycles. The number of rotatable bonds is 6. The van der Waals surface area contributed by atoms with Gasteiger partial charge in [0.1, 0.15) is 5.82 Å². The Morgan fingerprint density at radius 1 is 1.21 bits per heavy atom. The molecule has 0 spiro atoms. The van der Waals surface area contributed by atoms with Crippen molar-refractivity contribution >= 4 is 0 Å². The summed E-state index contributed by atoms with van der Waals surface area (Å²) in [6.45, 7) is 5.44. The van der Waals surface area contributed by atoms with Crippen LogP contribution < -0.4 is 5.32 Å². The Hall–Kier alpha value is -1.61. The lowest BCUT2D eigenvalue weighted by molar-refractivity contribution is 0.647. The fourth-order valence-electron chi connectivity index (χ4n) is 2.17. The molecule has 0 bridgehead atoms. The summed E-state index contributed by atoms with van der Waals surface area (Å²) in [6, 6.07) is 8.77. The van der Waals surface area contributed by atoms with Crippen molar-refractivity contribution in [2.75, 3.05) is 13.6 Å². The Morgan fingerprint density at radius 2 is 1.95 bits per heavy atom. The molecule has 2 aromatic rings. The number of nitrogens with one attached hydrogen (secondary N) is 2. The first-order valence-corrected chi connectivity index (χ1v) is 6.97. The molecule has 1 aromatic carbocycles. The maximum Gasteiger partial charge on any atom is 0.107 e. The molecule has 102 valence electrons. The number of hydrogen-bond donors (Lipinski definition) is 2.